The molecule has 21 heavy (non-hydrogen) atoms. The lowest BCUT2D eigenvalue weighted by molar-refractivity contribution is -0.153. The number of rotatable bonds is 5. The van der Waals surface area contributed by atoms with Gasteiger partial charge in [0.15, 0.2) is 0 Å². The minimum atomic E-state index is -0.860. The number of nitrogens with one attached hydrogen (secondary N) is 1. The van der Waals surface area contributed by atoms with Gasteiger partial charge in [0.1, 0.15) is 5.82 Å². The van der Waals surface area contributed by atoms with Crippen LogP contribution in [0, 0.1) is 5.41 Å². The molecular weight excluding hydrogens is 276 g/mol. The minimum absolute atomic E-state index is 0.239. The highest BCUT2D eigenvalue weighted by Crippen LogP contribution is 2.31. The summed E-state index contributed by atoms with van der Waals surface area (Å²) in [7, 11) is 1.30. The van der Waals surface area contributed by atoms with E-state index < -0.39 is 17.4 Å². The first kappa shape index (κ1) is 15.2. The molecule has 0 radical (unpaired) electrons. The molecule has 2 rings (SSSR count). The maximum atomic E-state index is 11.5. The predicted octanol–water partition coefficient (Wildman–Crippen LogP) is 1.16. The van der Waals surface area contributed by atoms with Crippen molar-refractivity contribution in [2.24, 2.45) is 5.41 Å². The molecule has 7 nitrogen and oxygen atoms in total. The zero-order chi connectivity index (χ0) is 15.3. The summed E-state index contributed by atoms with van der Waals surface area (Å²) in [5.41, 5.74) is -0.493. The van der Waals surface area contributed by atoms with E-state index in [0.717, 1.165) is 0 Å². The highest BCUT2D eigenvalue weighted by Gasteiger charge is 2.40. The summed E-state index contributed by atoms with van der Waals surface area (Å²) in [6, 6.07) is 3.08. The first-order valence-electron chi connectivity index (χ1n) is 6.67. The summed E-state index contributed by atoms with van der Waals surface area (Å²) in [6.45, 7) is 1.11. The van der Waals surface area contributed by atoms with Gasteiger partial charge in [-0.05, 0) is 25.0 Å². The van der Waals surface area contributed by atoms with Gasteiger partial charge in [0.2, 0.25) is 0 Å². The molecule has 2 heterocycles. The lowest BCUT2D eigenvalue weighted by Gasteiger charge is -2.33. The Morgan fingerprint density at radius 3 is 2.81 bits per heavy atom. The number of methoxy groups -OCH3 is 1. The second-order valence-corrected chi connectivity index (χ2v) is 4.97. The molecule has 1 aromatic rings. The van der Waals surface area contributed by atoms with Crippen molar-refractivity contribution in [3.05, 3.63) is 23.9 Å². The van der Waals surface area contributed by atoms with Gasteiger partial charge in [0.25, 0.3) is 0 Å². The lowest BCUT2D eigenvalue weighted by atomic mass is 9.80. The van der Waals surface area contributed by atoms with Gasteiger partial charge < -0.3 is 19.9 Å². The maximum Gasteiger partial charge on any atom is 0.338 e. The van der Waals surface area contributed by atoms with Crippen molar-refractivity contribution in [1.82, 2.24) is 4.98 Å². The molecule has 0 aliphatic carbocycles. The number of carbonyl (C=O) groups is 2. The number of anilines is 1. The number of esters is 1. The quantitative estimate of drug-likeness (QED) is 0.786. The molecule has 1 aromatic heterocycles. The zero-order valence-corrected chi connectivity index (χ0v) is 11.8. The normalized spacial score (nSPS) is 17.0. The topological polar surface area (TPSA) is 97.8 Å². The van der Waals surface area contributed by atoms with Crippen molar-refractivity contribution in [2.75, 3.05) is 32.2 Å². The number of pyridine rings is 1. The number of carboxylic acids is 1. The van der Waals surface area contributed by atoms with E-state index >= 15 is 0 Å². The van der Waals surface area contributed by atoms with Crippen LogP contribution in [0.5, 0.6) is 0 Å². The van der Waals surface area contributed by atoms with E-state index in [2.05, 4.69) is 15.0 Å². The van der Waals surface area contributed by atoms with Crippen LogP contribution in [0.4, 0.5) is 5.82 Å². The van der Waals surface area contributed by atoms with E-state index in [0.29, 0.717) is 37.4 Å². The van der Waals surface area contributed by atoms with Crippen molar-refractivity contribution in [1.29, 1.82) is 0 Å². The van der Waals surface area contributed by atoms with Crippen LogP contribution >= 0.6 is 0 Å². The molecule has 0 aromatic carbocycles. The number of carbonyl (C=O) groups excluding carboxylic acids is 1. The molecule has 0 amide bonds. The molecule has 0 saturated carbocycles. The zero-order valence-electron chi connectivity index (χ0n) is 11.8. The Labute approximate surface area is 122 Å². The SMILES string of the molecule is COC(=O)c1ccnc(NCC2(C(=O)O)CCOCC2)c1. The van der Waals surface area contributed by atoms with Crippen LogP contribution in [0.2, 0.25) is 0 Å². The van der Waals surface area contributed by atoms with Crippen molar-refractivity contribution >= 4 is 17.8 Å². The average Bonchev–Trinajstić information content (AvgIpc) is 2.53. The van der Waals surface area contributed by atoms with Crippen LogP contribution in [-0.2, 0) is 14.3 Å². The predicted molar refractivity (Wildman–Crippen MR) is 74.2 cm³/mol. The largest absolute Gasteiger partial charge is 0.481 e. The fourth-order valence-corrected chi connectivity index (χ4v) is 2.26. The van der Waals surface area contributed by atoms with Gasteiger partial charge >= 0.3 is 11.9 Å². The van der Waals surface area contributed by atoms with Gasteiger partial charge in [0, 0.05) is 26.0 Å². The van der Waals surface area contributed by atoms with Crippen molar-refractivity contribution < 1.29 is 24.2 Å². The van der Waals surface area contributed by atoms with Crippen LogP contribution in [0.25, 0.3) is 0 Å². The third-order valence-electron chi connectivity index (χ3n) is 3.69. The molecule has 0 atom stereocenters. The Kier molecular flexibility index (Phi) is 4.74. The van der Waals surface area contributed by atoms with E-state index in [9.17, 15) is 14.7 Å². The molecule has 114 valence electrons. The Hall–Kier alpha value is -2.15. The summed E-state index contributed by atoms with van der Waals surface area (Å²) in [6.07, 6.45) is 2.38. The van der Waals surface area contributed by atoms with Crippen LogP contribution in [0.1, 0.15) is 23.2 Å². The number of carboxylic acid groups (broad SMARTS) is 1. The molecule has 1 aliphatic heterocycles. The first-order chi connectivity index (χ1) is 10.1. The Morgan fingerprint density at radius 1 is 1.48 bits per heavy atom. The fourth-order valence-electron chi connectivity index (χ4n) is 2.26. The third-order valence-corrected chi connectivity index (χ3v) is 3.69. The molecule has 0 bridgehead atoms. The van der Waals surface area contributed by atoms with Crippen molar-refractivity contribution in [2.45, 2.75) is 12.8 Å². The number of hydrogen-bond donors (Lipinski definition) is 2. The van der Waals surface area contributed by atoms with Gasteiger partial charge in [-0.1, -0.05) is 0 Å². The fraction of sp³-hybridized carbons (Fsp3) is 0.500. The number of nitrogens with zero attached hydrogens (tertiary/aromatic N) is 1. The molecule has 0 unspecified atom stereocenters. The highest BCUT2D eigenvalue weighted by atomic mass is 16.5. The van der Waals surface area contributed by atoms with Crippen LogP contribution in [-0.4, -0.2) is 48.9 Å². The number of aromatic nitrogens is 1. The minimum Gasteiger partial charge on any atom is -0.481 e. The second kappa shape index (κ2) is 6.53. The van der Waals surface area contributed by atoms with Gasteiger partial charge in [-0.3, -0.25) is 4.79 Å². The smallest absolute Gasteiger partial charge is 0.338 e. The summed E-state index contributed by atoms with van der Waals surface area (Å²) in [5.74, 6) is -0.855. The second-order valence-electron chi connectivity index (χ2n) is 4.97. The highest BCUT2D eigenvalue weighted by molar-refractivity contribution is 5.90. The lowest BCUT2D eigenvalue weighted by Crippen LogP contribution is -2.42. The van der Waals surface area contributed by atoms with Gasteiger partial charge in [-0.2, -0.15) is 0 Å². The van der Waals surface area contributed by atoms with Crippen LogP contribution in [0.15, 0.2) is 18.3 Å². The molecule has 1 saturated heterocycles. The maximum absolute atomic E-state index is 11.5. The summed E-state index contributed by atoms with van der Waals surface area (Å²) < 4.78 is 9.86. The number of aliphatic carboxylic acids is 1. The van der Waals surface area contributed by atoms with Crippen molar-refractivity contribution in [3.8, 4) is 0 Å². The van der Waals surface area contributed by atoms with Crippen molar-refractivity contribution in [3.63, 3.8) is 0 Å². The molecular formula is C14H18N2O5. The van der Waals surface area contributed by atoms with E-state index in [1.54, 1.807) is 12.1 Å². The molecule has 1 fully saturated rings. The number of hydrogen-bond acceptors (Lipinski definition) is 6. The summed E-state index contributed by atoms with van der Waals surface area (Å²) >= 11 is 0. The standard InChI is InChI=1S/C14H18N2O5/c1-20-12(17)10-2-5-15-11(8-10)16-9-14(13(18)19)3-6-21-7-4-14/h2,5,8H,3-4,6-7,9H2,1H3,(H,15,16)(H,18,19). The number of ether oxygens (including phenoxy) is 2. The van der Waals surface area contributed by atoms with E-state index in [4.69, 9.17) is 4.74 Å². The van der Waals surface area contributed by atoms with Gasteiger partial charge in [0.05, 0.1) is 18.1 Å². The van der Waals surface area contributed by atoms with Gasteiger partial charge in [-0.15, -0.1) is 0 Å². The van der Waals surface area contributed by atoms with Gasteiger partial charge in [-0.25, -0.2) is 9.78 Å². The summed E-state index contributed by atoms with van der Waals surface area (Å²) in [4.78, 5) is 27.1. The molecule has 0 spiro atoms. The Bertz CT molecular complexity index is 526. The molecule has 1 aliphatic rings. The molecule has 7 heteroatoms. The monoisotopic (exact) mass is 294 g/mol. The average molecular weight is 294 g/mol. The Balaban J connectivity index is 2.07. The summed E-state index contributed by atoms with van der Waals surface area (Å²) in [5, 5.41) is 12.5. The Morgan fingerprint density at radius 2 is 2.19 bits per heavy atom. The molecule has 2 N–H and O–H groups in total. The van der Waals surface area contributed by atoms with Crippen LogP contribution < -0.4 is 5.32 Å². The first-order valence-corrected chi connectivity index (χ1v) is 6.67. The van der Waals surface area contributed by atoms with Crippen LogP contribution in [0.3, 0.4) is 0 Å². The third kappa shape index (κ3) is 3.49. The van der Waals surface area contributed by atoms with E-state index in [1.165, 1.54) is 13.3 Å². The van der Waals surface area contributed by atoms with E-state index in [-0.39, 0.29) is 6.54 Å². The van der Waals surface area contributed by atoms with E-state index in [1.807, 2.05) is 0 Å².